The maximum Gasteiger partial charge on any atom is 0.340 e. The molecule has 1 amide bonds. The summed E-state index contributed by atoms with van der Waals surface area (Å²) in [5, 5.41) is 8.86. The number of carbonyl (C=O) groups is 2. The number of hydrogen-bond acceptors (Lipinski definition) is 9. The van der Waals surface area contributed by atoms with Crippen molar-refractivity contribution in [3.8, 4) is 11.8 Å². The molecule has 0 bridgehead atoms. The first-order chi connectivity index (χ1) is 17.1. The molecule has 1 fully saturated rings. The predicted molar refractivity (Wildman–Crippen MR) is 133 cm³/mol. The lowest BCUT2D eigenvalue weighted by Gasteiger charge is -2.33. The number of hydrogen-bond donors (Lipinski definition) is 1. The fourth-order valence-corrected chi connectivity index (χ4v) is 5.61. The van der Waals surface area contributed by atoms with E-state index in [1.54, 1.807) is 39.2 Å². The van der Waals surface area contributed by atoms with Gasteiger partial charge in [-0.2, -0.15) is 5.26 Å². The molecule has 0 saturated carbocycles. The fraction of sp³-hybridized carbons (Fsp3) is 0.440. The van der Waals surface area contributed by atoms with Crippen LogP contribution in [0.1, 0.15) is 52.5 Å². The van der Waals surface area contributed by atoms with Crippen molar-refractivity contribution in [1.82, 2.24) is 9.71 Å². The lowest BCUT2D eigenvalue weighted by Crippen LogP contribution is -2.46. The summed E-state index contributed by atoms with van der Waals surface area (Å²) >= 11 is 0. The van der Waals surface area contributed by atoms with E-state index in [0.717, 1.165) is 5.56 Å². The topological polar surface area (TPSA) is 139 Å². The molecule has 1 aromatic heterocycles. The molecule has 0 spiro atoms. The Kier molecular flexibility index (Phi) is 8.53. The molecule has 0 atom stereocenters. The minimum absolute atomic E-state index is 0.0650. The maximum absolute atomic E-state index is 12.9. The van der Waals surface area contributed by atoms with Crippen LogP contribution in [0.2, 0.25) is 0 Å². The van der Waals surface area contributed by atoms with E-state index in [4.69, 9.17) is 9.47 Å². The van der Waals surface area contributed by atoms with E-state index in [1.165, 1.54) is 6.07 Å². The van der Waals surface area contributed by atoms with Crippen LogP contribution in [-0.2, 0) is 26.0 Å². The smallest absolute Gasteiger partial charge is 0.340 e. The third kappa shape index (κ3) is 6.12. The Labute approximate surface area is 211 Å². The average Bonchev–Trinajstić information content (AvgIpc) is 2.83. The molecule has 11 heteroatoms. The molecule has 3 rings (SSSR count). The molecule has 1 aliphatic heterocycles. The summed E-state index contributed by atoms with van der Waals surface area (Å²) in [6.07, 6.45) is 0.454. The number of nitrogens with one attached hydrogen (secondary N) is 1. The Balaban J connectivity index is 1.65. The summed E-state index contributed by atoms with van der Waals surface area (Å²) in [6, 6.07) is 8.78. The first-order valence-electron chi connectivity index (χ1n) is 11.6. The van der Waals surface area contributed by atoms with Crippen LogP contribution in [0.3, 0.4) is 0 Å². The molecule has 1 N–H and O–H groups in total. The van der Waals surface area contributed by atoms with Gasteiger partial charge in [0.2, 0.25) is 15.9 Å². The molecular formula is C25H30N4O6S. The van der Waals surface area contributed by atoms with E-state index >= 15 is 0 Å². The van der Waals surface area contributed by atoms with E-state index < -0.39 is 27.1 Å². The van der Waals surface area contributed by atoms with Crippen LogP contribution in [0.5, 0.6) is 5.75 Å². The third-order valence-corrected chi connectivity index (χ3v) is 7.93. The number of benzene rings is 1. The SMILES string of the molecule is CCOC(=O)c1cc(C#N)c(N2CCC(S(=O)(=O)NC(=O)Cc3ccc(OC)c(C)c3)CC2)nc1C. The number of aryl methyl sites for hydroxylation is 2. The lowest BCUT2D eigenvalue weighted by atomic mass is 10.1. The Morgan fingerprint density at radius 2 is 1.92 bits per heavy atom. The molecular weight excluding hydrogens is 484 g/mol. The number of anilines is 1. The van der Waals surface area contributed by atoms with Gasteiger partial charge in [0.25, 0.3) is 0 Å². The second-order valence-corrected chi connectivity index (χ2v) is 10.5. The Bertz CT molecular complexity index is 1290. The van der Waals surface area contributed by atoms with Gasteiger partial charge in [-0.05, 0) is 56.9 Å². The molecule has 192 valence electrons. The number of sulfonamides is 1. The van der Waals surface area contributed by atoms with Crippen molar-refractivity contribution < 1.29 is 27.5 Å². The van der Waals surface area contributed by atoms with Crippen molar-refractivity contribution in [2.45, 2.75) is 45.3 Å². The first kappa shape index (κ1) is 26.9. The van der Waals surface area contributed by atoms with Gasteiger partial charge in [0.05, 0.1) is 42.2 Å². The number of carbonyl (C=O) groups excluding carboxylic acids is 2. The second kappa shape index (κ2) is 11.4. The van der Waals surface area contributed by atoms with Crippen molar-refractivity contribution in [3.63, 3.8) is 0 Å². The van der Waals surface area contributed by atoms with Gasteiger partial charge >= 0.3 is 5.97 Å². The summed E-state index contributed by atoms with van der Waals surface area (Å²) in [4.78, 5) is 30.9. The largest absolute Gasteiger partial charge is 0.496 e. The number of esters is 1. The van der Waals surface area contributed by atoms with Gasteiger partial charge in [-0.3, -0.25) is 9.52 Å². The van der Waals surface area contributed by atoms with E-state index in [9.17, 15) is 23.3 Å². The van der Waals surface area contributed by atoms with Crippen molar-refractivity contribution in [2.75, 3.05) is 31.7 Å². The van der Waals surface area contributed by atoms with Crippen LogP contribution >= 0.6 is 0 Å². The number of aromatic nitrogens is 1. The summed E-state index contributed by atoms with van der Waals surface area (Å²) in [7, 11) is -2.32. The van der Waals surface area contributed by atoms with Gasteiger partial charge in [0.1, 0.15) is 17.6 Å². The van der Waals surface area contributed by atoms with Gasteiger partial charge in [-0.1, -0.05) is 12.1 Å². The summed E-state index contributed by atoms with van der Waals surface area (Å²) in [6.45, 7) is 6.08. The molecule has 1 saturated heterocycles. The van der Waals surface area contributed by atoms with Crippen LogP contribution in [-0.4, -0.2) is 57.3 Å². The molecule has 0 aliphatic carbocycles. The van der Waals surface area contributed by atoms with E-state index in [0.29, 0.717) is 35.9 Å². The zero-order valence-electron chi connectivity index (χ0n) is 20.8. The number of methoxy groups -OCH3 is 1. The van der Waals surface area contributed by atoms with E-state index in [-0.39, 0.29) is 37.0 Å². The summed E-state index contributed by atoms with van der Waals surface area (Å²) < 4.78 is 38.2. The van der Waals surface area contributed by atoms with Crippen LogP contribution in [0.15, 0.2) is 24.3 Å². The van der Waals surface area contributed by atoms with Crippen LogP contribution < -0.4 is 14.4 Å². The van der Waals surface area contributed by atoms with E-state index in [2.05, 4.69) is 15.8 Å². The average molecular weight is 515 g/mol. The molecule has 0 radical (unpaired) electrons. The number of ether oxygens (including phenoxy) is 2. The number of amides is 1. The van der Waals surface area contributed by atoms with Crippen molar-refractivity contribution >= 4 is 27.7 Å². The maximum atomic E-state index is 12.9. The Morgan fingerprint density at radius 1 is 1.22 bits per heavy atom. The highest BCUT2D eigenvalue weighted by Gasteiger charge is 2.32. The van der Waals surface area contributed by atoms with Gasteiger partial charge < -0.3 is 14.4 Å². The summed E-state index contributed by atoms with van der Waals surface area (Å²) in [5.74, 6) is -0.0485. The normalized spacial score (nSPS) is 14.1. The van der Waals surface area contributed by atoms with Crippen LogP contribution in [0.25, 0.3) is 0 Å². The first-order valence-corrected chi connectivity index (χ1v) is 13.2. The molecule has 10 nitrogen and oxygen atoms in total. The number of nitriles is 1. The van der Waals surface area contributed by atoms with Gasteiger partial charge in [0.15, 0.2) is 0 Å². The van der Waals surface area contributed by atoms with Crippen LogP contribution in [0.4, 0.5) is 5.82 Å². The zero-order valence-corrected chi connectivity index (χ0v) is 21.6. The monoisotopic (exact) mass is 514 g/mol. The highest BCUT2D eigenvalue weighted by molar-refractivity contribution is 7.90. The minimum atomic E-state index is -3.88. The second-order valence-electron chi connectivity index (χ2n) is 8.56. The summed E-state index contributed by atoms with van der Waals surface area (Å²) in [5.41, 5.74) is 2.41. The van der Waals surface area contributed by atoms with Gasteiger partial charge in [0, 0.05) is 13.1 Å². The Morgan fingerprint density at radius 3 is 2.50 bits per heavy atom. The molecule has 0 unspecified atom stereocenters. The minimum Gasteiger partial charge on any atom is -0.496 e. The highest BCUT2D eigenvalue weighted by Crippen LogP contribution is 2.27. The van der Waals surface area contributed by atoms with Gasteiger partial charge in [-0.15, -0.1) is 0 Å². The number of piperidine rings is 1. The lowest BCUT2D eigenvalue weighted by molar-refractivity contribution is -0.118. The fourth-order valence-electron chi connectivity index (χ4n) is 4.22. The van der Waals surface area contributed by atoms with Crippen molar-refractivity contribution in [1.29, 1.82) is 5.26 Å². The Hall–Kier alpha value is -3.65. The molecule has 1 aromatic carbocycles. The molecule has 36 heavy (non-hydrogen) atoms. The predicted octanol–water partition coefficient (Wildman–Crippen LogP) is 2.41. The van der Waals surface area contributed by atoms with Crippen molar-refractivity contribution in [3.05, 3.63) is 52.2 Å². The van der Waals surface area contributed by atoms with Gasteiger partial charge in [-0.25, -0.2) is 18.2 Å². The zero-order chi connectivity index (χ0) is 26.5. The van der Waals surface area contributed by atoms with Crippen LogP contribution in [0, 0.1) is 25.2 Å². The number of pyridine rings is 1. The standard InChI is InChI=1S/C25H30N4O6S/c1-5-35-25(31)21-14-19(15-26)24(27-17(21)3)29-10-8-20(9-11-29)36(32,33)28-23(30)13-18-6-7-22(34-4)16(2)12-18/h6-7,12,14,20H,5,8-11,13H2,1-4H3,(H,28,30). The number of rotatable bonds is 8. The molecule has 2 aromatic rings. The quantitative estimate of drug-likeness (QED) is 0.526. The third-order valence-electron chi connectivity index (χ3n) is 6.07. The molecule has 1 aliphatic rings. The highest BCUT2D eigenvalue weighted by atomic mass is 32.2. The van der Waals surface area contributed by atoms with E-state index in [1.807, 2.05) is 11.8 Å². The van der Waals surface area contributed by atoms with Crippen molar-refractivity contribution in [2.24, 2.45) is 0 Å². The molecule has 2 heterocycles. The number of nitrogens with zero attached hydrogens (tertiary/aromatic N) is 3.